The Hall–Kier alpha value is -5.11. The number of rotatable bonds is 12. The summed E-state index contributed by atoms with van der Waals surface area (Å²) in [6.45, 7) is 8.18. The standard InChI is InChI=1S/C46H49N3O3S/c1-4-48(36-14-7-6-8-15-36)37-23-19-34(20-24-37)46(35-21-25-38(26-22-35)49(5-2)39-27-29-40(30-28-39)53(50,51)52)43-31-32-45(42-17-11-10-16-41(42)43)47-44-18-12-9-13-33(44)3/h6-8,10-11,14-17,19-33,44,46-47H,4-5,9,12-13,18H2,1-3H3,(H,50,51,52). The predicted octanol–water partition coefficient (Wildman–Crippen LogP) is 11.6. The molecule has 272 valence electrons. The van der Waals surface area contributed by atoms with Crippen molar-refractivity contribution in [3.63, 3.8) is 0 Å². The SMILES string of the molecule is CCN(c1ccccc1)c1ccc(C(c2ccc(N(CC)c3ccc(S(=O)(=O)O)cc3)cc2)c2ccc(NC3CCCCC3C)c3ccccc23)cc1. The van der Waals surface area contributed by atoms with E-state index in [1.54, 1.807) is 12.1 Å². The van der Waals surface area contributed by atoms with E-state index in [0.717, 1.165) is 23.6 Å². The number of fused-ring (bicyclic) bond motifs is 1. The van der Waals surface area contributed by atoms with Crippen molar-refractivity contribution in [1.82, 2.24) is 0 Å². The molecule has 53 heavy (non-hydrogen) atoms. The first-order valence-electron chi connectivity index (χ1n) is 18.9. The normalized spacial score (nSPS) is 16.6. The van der Waals surface area contributed by atoms with Crippen LogP contribution in [0, 0.1) is 5.92 Å². The molecule has 7 heteroatoms. The van der Waals surface area contributed by atoms with Gasteiger partial charge in [-0.25, -0.2) is 0 Å². The third-order valence-corrected chi connectivity index (χ3v) is 11.8. The summed E-state index contributed by atoms with van der Waals surface area (Å²) in [4.78, 5) is 4.35. The van der Waals surface area contributed by atoms with Crippen molar-refractivity contribution < 1.29 is 13.0 Å². The maximum atomic E-state index is 11.7. The minimum Gasteiger partial charge on any atom is -0.382 e. The van der Waals surface area contributed by atoms with Crippen LogP contribution >= 0.6 is 0 Å². The minimum absolute atomic E-state index is 0.0263. The van der Waals surface area contributed by atoms with E-state index in [2.05, 4.69) is 151 Å². The first-order chi connectivity index (χ1) is 25.7. The van der Waals surface area contributed by atoms with Gasteiger partial charge in [0.2, 0.25) is 0 Å². The lowest BCUT2D eigenvalue weighted by Crippen LogP contribution is -2.30. The summed E-state index contributed by atoms with van der Waals surface area (Å²) >= 11 is 0. The molecule has 1 aliphatic carbocycles. The van der Waals surface area contributed by atoms with Crippen LogP contribution in [0.15, 0.2) is 144 Å². The van der Waals surface area contributed by atoms with Crippen LogP contribution in [0.1, 0.15) is 69.1 Å². The van der Waals surface area contributed by atoms with Gasteiger partial charge in [0.05, 0.1) is 4.90 Å². The fraction of sp³-hybridized carbons (Fsp3) is 0.261. The summed E-state index contributed by atoms with van der Waals surface area (Å²) in [6.07, 6.45) is 5.07. The highest BCUT2D eigenvalue weighted by Crippen LogP contribution is 2.41. The van der Waals surface area contributed by atoms with Gasteiger partial charge in [-0.1, -0.05) is 92.6 Å². The number of hydrogen-bond donors (Lipinski definition) is 2. The maximum absolute atomic E-state index is 11.7. The lowest BCUT2D eigenvalue weighted by molar-refractivity contribution is 0.350. The van der Waals surface area contributed by atoms with Gasteiger partial charge in [-0.05, 0) is 121 Å². The summed E-state index contributed by atoms with van der Waals surface area (Å²) < 4.78 is 32.8. The summed E-state index contributed by atoms with van der Waals surface area (Å²) in [5, 5.41) is 6.44. The Morgan fingerprint density at radius 2 is 1.11 bits per heavy atom. The van der Waals surface area contributed by atoms with E-state index in [1.165, 1.54) is 76.7 Å². The second-order valence-corrected chi connectivity index (χ2v) is 15.6. The van der Waals surface area contributed by atoms with Gasteiger partial charge in [0, 0.05) is 58.9 Å². The van der Waals surface area contributed by atoms with E-state index >= 15 is 0 Å². The topological polar surface area (TPSA) is 72.9 Å². The Morgan fingerprint density at radius 3 is 1.64 bits per heavy atom. The monoisotopic (exact) mass is 723 g/mol. The van der Waals surface area contributed by atoms with Gasteiger partial charge < -0.3 is 15.1 Å². The fourth-order valence-electron chi connectivity index (χ4n) is 8.11. The van der Waals surface area contributed by atoms with Crippen LogP contribution in [0.4, 0.5) is 28.4 Å². The molecule has 6 aromatic rings. The Bertz CT molecular complexity index is 2240. The maximum Gasteiger partial charge on any atom is 0.294 e. The van der Waals surface area contributed by atoms with Gasteiger partial charge >= 0.3 is 0 Å². The number of nitrogens with one attached hydrogen (secondary N) is 1. The molecular weight excluding hydrogens is 675 g/mol. The number of anilines is 5. The molecule has 0 radical (unpaired) electrons. The molecule has 3 atom stereocenters. The summed E-state index contributed by atoms with van der Waals surface area (Å²) in [5.41, 5.74) is 9.02. The molecule has 0 aliphatic heterocycles. The molecule has 2 N–H and O–H groups in total. The minimum atomic E-state index is -4.26. The third kappa shape index (κ3) is 7.82. The van der Waals surface area contributed by atoms with Crippen molar-refractivity contribution in [3.8, 4) is 0 Å². The van der Waals surface area contributed by atoms with Crippen LogP contribution in [0.2, 0.25) is 0 Å². The van der Waals surface area contributed by atoms with Gasteiger partial charge in [-0.2, -0.15) is 8.42 Å². The quantitative estimate of drug-likeness (QED) is 0.0967. The molecule has 1 aliphatic rings. The van der Waals surface area contributed by atoms with E-state index in [1.807, 2.05) is 0 Å². The predicted molar refractivity (Wildman–Crippen MR) is 221 cm³/mol. The molecule has 7 rings (SSSR count). The molecule has 6 aromatic carbocycles. The zero-order valence-electron chi connectivity index (χ0n) is 30.8. The number of nitrogens with zero attached hydrogens (tertiary/aromatic N) is 2. The summed E-state index contributed by atoms with van der Waals surface area (Å²) in [6, 6.07) is 48.5. The van der Waals surface area contributed by atoms with E-state index in [4.69, 9.17) is 0 Å². The highest BCUT2D eigenvalue weighted by Gasteiger charge is 2.24. The largest absolute Gasteiger partial charge is 0.382 e. The van der Waals surface area contributed by atoms with Gasteiger partial charge in [0.25, 0.3) is 10.1 Å². The molecule has 0 bridgehead atoms. The Balaban J connectivity index is 1.29. The lowest BCUT2D eigenvalue weighted by Gasteiger charge is -2.31. The average molecular weight is 724 g/mol. The van der Waals surface area contributed by atoms with Crippen LogP contribution in [0.5, 0.6) is 0 Å². The summed E-state index contributed by atoms with van der Waals surface area (Å²) in [5.74, 6) is 0.621. The molecular formula is C46H49N3O3S. The highest BCUT2D eigenvalue weighted by molar-refractivity contribution is 7.85. The highest BCUT2D eigenvalue weighted by atomic mass is 32.2. The third-order valence-electron chi connectivity index (χ3n) is 10.9. The van der Waals surface area contributed by atoms with Crippen molar-refractivity contribution in [2.24, 2.45) is 5.92 Å². The van der Waals surface area contributed by atoms with Crippen molar-refractivity contribution in [3.05, 3.63) is 156 Å². The molecule has 0 aromatic heterocycles. The van der Waals surface area contributed by atoms with Crippen molar-refractivity contribution in [1.29, 1.82) is 0 Å². The molecule has 6 nitrogen and oxygen atoms in total. The lowest BCUT2D eigenvalue weighted by atomic mass is 9.82. The molecule has 0 heterocycles. The number of para-hydroxylation sites is 1. The van der Waals surface area contributed by atoms with Crippen molar-refractivity contribution >= 4 is 49.3 Å². The molecule has 0 amide bonds. The zero-order chi connectivity index (χ0) is 37.0. The van der Waals surface area contributed by atoms with Crippen LogP contribution in [0.3, 0.4) is 0 Å². The first-order valence-corrected chi connectivity index (χ1v) is 20.3. The Labute approximate surface area is 314 Å². The molecule has 1 saturated carbocycles. The van der Waals surface area contributed by atoms with E-state index in [0.29, 0.717) is 18.5 Å². The van der Waals surface area contributed by atoms with Crippen LogP contribution < -0.4 is 15.1 Å². The summed E-state index contributed by atoms with van der Waals surface area (Å²) in [7, 11) is -4.26. The fourth-order valence-corrected chi connectivity index (χ4v) is 8.59. The molecule has 0 spiro atoms. The van der Waals surface area contributed by atoms with Crippen LogP contribution in [0.25, 0.3) is 10.8 Å². The van der Waals surface area contributed by atoms with Gasteiger partial charge in [0.1, 0.15) is 0 Å². The van der Waals surface area contributed by atoms with E-state index in [9.17, 15) is 13.0 Å². The molecule has 0 saturated heterocycles. The van der Waals surface area contributed by atoms with Crippen LogP contribution in [-0.2, 0) is 10.1 Å². The number of benzene rings is 6. The van der Waals surface area contributed by atoms with Gasteiger partial charge in [-0.3, -0.25) is 4.55 Å². The second-order valence-electron chi connectivity index (χ2n) is 14.2. The zero-order valence-corrected chi connectivity index (χ0v) is 31.6. The Kier molecular flexibility index (Phi) is 10.9. The second kappa shape index (κ2) is 15.9. The Morgan fingerprint density at radius 1 is 0.623 bits per heavy atom. The molecule has 1 fully saturated rings. The van der Waals surface area contributed by atoms with E-state index < -0.39 is 10.1 Å². The van der Waals surface area contributed by atoms with E-state index in [-0.39, 0.29) is 10.8 Å². The van der Waals surface area contributed by atoms with Crippen molar-refractivity contribution in [2.75, 3.05) is 28.2 Å². The van der Waals surface area contributed by atoms with Crippen molar-refractivity contribution in [2.45, 2.75) is 63.3 Å². The van der Waals surface area contributed by atoms with Crippen LogP contribution in [-0.4, -0.2) is 32.1 Å². The first kappa shape index (κ1) is 36.3. The number of hydrogen-bond acceptors (Lipinski definition) is 5. The average Bonchev–Trinajstić information content (AvgIpc) is 3.18. The smallest absolute Gasteiger partial charge is 0.294 e. The van der Waals surface area contributed by atoms with Gasteiger partial charge in [-0.15, -0.1) is 0 Å². The van der Waals surface area contributed by atoms with Gasteiger partial charge in [0.15, 0.2) is 0 Å². The molecule has 3 unspecified atom stereocenters.